The topological polar surface area (TPSA) is 42.1 Å². The third-order valence-corrected chi connectivity index (χ3v) is 2.54. The molecule has 0 aliphatic carbocycles. The van der Waals surface area contributed by atoms with E-state index in [1.54, 1.807) is 18.2 Å². The molecule has 0 fully saturated rings. The summed E-state index contributed by atoms with van der Waals surface area (Å²) in [6.07, 6.45) is 0. The van der Waals surface area contributed by atoms with Gasteiger partial charge in [0.25, 0.3) is 0 Å². The van der Waals surface area contributed by atoms with E-state index in [4.69, 9.17) is 16.3 Å². The van der Waals surface area contributed by atoms with E-state index in [0.717, 1.165) is 11.3 Å². The zero-order chi connectivity index (χ0) is 12.3. The molecule has 88 valence electrons. The van der Waals surface area contributed by atoms with Crippen LogP contribution in [0.1, 0.15) is 6.92 Å². The Morgan fingerprint density at radius 1 is 1.29 bits per heavy atom. The lowest BCUT2D eigenvalue weighted by Crippen LogP contribution is -2.04. The molecule has 2 rings (SSSR count). The summed E-state index contributed by atoms with van der Waals surface area (Å²) in [7, 11) is 0. The van der Waals surface area contributed by atoms with Crippen molar-refractivity contribution in [2.24, 2.45) is 0 Å². The molecule has 0 spiro atoms. The number of halogens is 1. The van der Waals surface area contributed by atoms with E-state index in [0.29, 0.717) is 17.4 Å². The molecule has 0 unspecified atom stereocenters. The Hall–Kier alpha value is -1.74. The molecule has 0 bridgehead atoms. The molecule has 17 heavy (non-hydrogen) atoms. The van der Waals surface area contributed by atoms with Crippen LogP contribution in [-0.4, -0.2) is 11.6 Å². The van der Waals surface area contributed by atoms with E-state index in [2.05, 4.69) is 4.98 Å². The minimum Gasteiger partial charge on any atom is -0.493 e. The first kappa shape index (κ1) is 11.7. The average molecular weight is 250 g/mol. The number of aromatic nitrogens is 1. The highest BCUT2D eigenvalue weighted by Crippen LogP contribution is 2.30. The molecule has 1 heterocycles. The van der Waals surface area contributed by atoms with Crippen LogP contribution in [0.25, 0.3) is 11.3 Å². The van der Waals surface area contributed by atoms with Crippen molar-refractivity contribution < 1.29 is 4.74 Å². The van der Waals surface area contributed by atoms with Crippen LogP contribution in [0.2, 0.25) is 5.02 Å². The van der Waals surface area contributed by atoms with Gasteiger partial charge in [-0.05, 0) is 31.2 Å². The van der Waals surface area contributed by atoms with Gasteiger partial charge in [0.15, 0.2) is 0 Å². The average Bonchev–Trinajstić information content (AvgIpc) is 2.29. The fourth-order valence-corrected chi connectivity index (χ4v) is 1.76. The maximum atomic E-state index is 11.3. The molecule has 2 aromatic rings. The third-order valence-electron chi connectivity index (χ3n) is 2.30. The molecule has 1 aromatic carbocycles. The van der Waals surface area contributed by atoms with Crippen LogP contribution >= 0.6 is 11.6 Å². The molecule has 0 amide bonds. The molecule has 0 saturated heterocycles. The summed E-state index contributed by atoms with van der Waals surface area (Å²) in [6.45, 7) is 2.45. The smallest absolute Gasteiger partial charge is 0.248 e. The van der Waals surface area contributed by atoms with E-state index in [-0.39, 0.29) is 5.56 Å². The number of nitrogens with one attached hydrogen (secondary N) is 1. The van der Waals surface area contributed by atoms with E-state index in [1.165, 1.54) is 6.07 Å². The highest BCUT2D eigenvalue weighted by atomic mass is 35.5. The summed E-state index contributed by atoms with van der Waals surface area (Å²) in [5.41, 5.74) is 1.41. The van der Waals surface area contributed by atoms with Gasteiger partial charge in [-0.1, -0.05) is 17.7 Å². The Kier molecular flexibility index (Phi) is 3.49. The first-order valence-corrected chi connectivity index (χ1v) is 5.70. The van der Waals surface area contributed by atoms with Crippen LogP contribution in [0.15, 0.2) is 41.2 Å². The maximum absolute atomic E-state index is 11.3. The molecule has 1 aromatic heterocycles. The summed E-state index contributed by atoms with van der Waals surface area (Å²) in [5, 5.41) is 0.607. The predicted octanol–water partition coefficient (Wildman–Crippen LogP) is 3.09. The molecule has 0 atom stereocenters. The van der Waals surface area contributed by atoms with Crippen LogP contribution in [0, 0.1) is 0 Å². The number of benzene rings is 1. The second-order valence-electron chi connectivity index (χ2n) is 3.50. The van der Waals surface area contributed by atoms with E-state index in [9.17, 15) is 4.79 Å². The molecular weight excluding hydrogens is 238 g/mol. The normalized spacial score (nSPS) is 10.2. The van der Waals surface area contributed by atoms with E-state index in [1.807, 2.05) is 19.1 Å². The van der Waals surface area contributed by atoms with Crippen molar-refractivity contribution in [3.05, 3.63) is 51.8 Å². The summed E-state index contributed by atoms with van der Waals surface area (Å²) in [6, 6.07) is 10.3. The number of pyridine rings is 1. The first-order chi connectivity index (χ1) is 8.20. The van der Waals surface area contributed by atoms with Gasteiger partial charge >= 0.3 is 0 Å². The number of ether oxygens (including phenoxy) is 1. The van der Waals surface area contributed by atoms with Gasteiger partial charge < -0.3 is 9.72 Å². The highest BCUT2D eigenvalue weighted by Gasteiger charge is 2.07. The van der Waals surface area contributed by atoms with Gasteiger partial charge in [-0.2, -0.15) is 0 Å². The molecule has 0 radical (unpaired) electrons. The second kappa shape index (κ2) is 5.06. The number of rotatable bonds is 3. The van der Waals surface area contributed by atoms with Crippen LogP contribution in [0.3, 0.4) is 0 Å². The van der Waals surface area contributed by atoms with Crippen molar-refractivity contribution >= 4 is 11.6 Å². The summed E-state index contributed by atoms with van der Waals surface area (Å²) >= 11 is 5.92. The van der Waals surface area contributed by atoms with Gasteiger partial charge in [-0.25, -0.2) is 0 Å². The Labute approximate surface area is 104 Å². The maximum Gasteiger partial charge on any atom is 0.248 e. The van der Waals surface area contributed by atoms with Crippen molar-refractivity contribution in [1.29, 1.82) is 0 Å². The van der Waals surface area contributed by atoms with Crippen LogP contribution < -0.4 is 10.3 Å². The monoisotopic (exact) mass is 249 g/mol. The van der Waals surface area contributed by atoms with Gasteiger partial charge in [0.2, 0.25) is 5.56 Å². The quantitative estimate of drug-likeness (QED) is 0.908. The van der Waals surface area contributed by atoms with Crippen molar-refractivity contribution in [2.45, 2.75) is 6.92 Å². The molecular formula is C13H12ClNO2. The fourth-order valence-electron chi connectivity index (χ4n) is 1.60. The van der Waals surface area contributed by atoms with Crippen LogP contribution in [-0.2, 0) is 0 Å². The fraction of sp³-hybridized carbons (Fsp3) is 0.154. The summed E-state index contributed by atoms with van der Waals surface area (Å²) in [5.74, 6) is 0.668. The first-order valence-electron chi connectivity index (χ1n) is 5.33. The molecule has 0 aliphatic heterocycles. The molecule has 0 saturated carbocycles. The summed E-state index contributed by atoms with van der Waals surface area (Å²) in [4.78, 5) is 14.0. The molecule has 1 N–H and O–H groups in total. The zero-order valence-corrected chi connectivity index (χ0v) is 10.1. The SMILES string of the molecule is CCOc1cc(Cl)ccc1-c1cccc(=O)[nH]1. The van der Waals surface area contributed by atoms with Crippen molar-refractivity contribution in [2.75, 3.05) is 6.61 Å². The molecule has 3 nitrogen and oxygen atoms in total. The Bertz CT molecular complexity index is 578. The lowest BCUT2D eigenvalue weighted by Gasteiger charge is -2.10. The molecule has 4 heteroatoms. The lowest BCUT2D eigenvalue weighted by molar-refractivity contribution is 0.341. The van der Waals surface area contributed by atoms with Crippen LogP contribution in [0.5, 0.6) is 5.75 Å². The highest BCUT2D eigenvalue weighted by molar-refractivity contribution is 6.30. The predicted molar refractivity (Wildman–Crippen MR) is 68.7 cm³/mol. The summed E-state index contributed by atoms with van der Waals surface area (Å²) < 4.78 is 5.51. The molecule has 0 aliphatic rings. The van der Waals surface area contributed by atoms with Crippen LogP contribution in [0.4, 0.5) is 0 Å². The van der Waals surface area contributed by atoms with Gasteiger partial charge in [-0.3, -0.25) is 4.79 Å². The lowest BCUT2D eigenvalue weighted by atomic mass is 10.1. The standard InChI is InChI=1S/C13H12ClNO2/c1-2-17-12-8-9(14)6-7-10(12)11-4-3-5-13(16)15-11/h3-8H,2H2,1H3,(H,15,16). The second-order valence-corrected chi connectivity index (χ2v) is 3.94. The Balaban J connectivity index is 2.54. The Morgan fingerprint density at radius 2 is 2.12 bits per heavy atom. The van der Waals surface area contributed by atoms with Gasteiger partial charge in [0.1, 0.15) is 5.75 Å². The van der Waals surface area contributed by atoms with E-state index >= 15 is 0 Å². The third kappa shape index (κ3) is 2.68. The minimum atomic E-state index is -0.139. The van der Waals surface area contributed by atoms with Gasteiger partial charge in [0.05, 0.1) is 12.3 Å². The van der Waals surface area contributed by atoms with Gasteiger partial charge in [-0.15, -0.1) is 0 Å². The number of aromatic amines is 1. The number of hydrogen-bond donors (Lipinski definition) is 1. The zero-order valence-electron chi connectivity index (χ0n) is 9.37. The number of H-pyrrole nitrogens is 1. The Morgan fingerprint density at radius 3 is 2.82 bits per heavy atom. The number of hydrogen-bond acceptors (Lipinski definition) is 2. The van der Waals surface area contributed by atoms with Crippen molar-refractivity contribution in [1.82, 2.24) is 4.98 Å². The largest absolute Gasteiger partial charge is 0.493 e. The van der Waals surface area contributed by atoms with Crippen molar-refractivity contribution in [3.63, 3.8) is 0 Å². The minimum absolute atomic E-state index is 0.139. The van der Waals surface area contributed by atoms with Gasteiger partial charge in [0, 0.05) is 16.7 Å². The van der Waals surface area contributed by atoms with E-state index < -0.39 is 0 Å². The van der Waals surface area contributed by atoms with Crippen molar-refractivity contribution in [3.8, 4) is 17.0 Å².